The Kier molecular flexibility index (Phi) is 4.24. The average molecular weight is 469 g/mol. The number of phenols is 2. The lowest BCUT2D eigenvalue weighted by atomic mass is 9.90. The highest BCUT2D eigenvalue weighted by molar-refractivity contribution is 6.32. The van der Waals surface area contributed by atoms with Crippen LogP contribution in [0.4, 0.5) is 0 Å². The second-order valence-electron chi connectivity index (χ2n) is 9.45. The van der Waals surface area contributed by atoms with Crippen molar-refractivity contribution in [2.24, 2.45) is 14.1 Å². The Morgan fingerprint density at radius 3 is 1.28 bits per heavy atom. The first-order valence-corrected chi connectivity index (χ1v) is 12.0. The van der Waals surface area contributed by atoms with Crippen molar-refractivity contribution in [1.82, 2.24) is 9.13 Å². The summed E-state index contributed by atoms with van der Waals surface area (Å²) in [6, 6.07) is 32.1. The van der Waals surface area contributed by atoms with E-state index in [1.165, 1.54) is 0 Å². The molecule has 0 aliphatic heterocycles. The van der Waals surface area contributed by atoms with Gasteiger partial charge in [0, 0.05) is 57.8 Å². The van der Waals surface area contributed by atoms with Gasteiger partial charge in [0.2, 0.25) is 0 Å². The topological polar surface area (TPSA) is 50.3 Å². The van der Waals surface area contributed by atoms with E-state index in [4.69, 9.17) is 0 Å². The van der Waals surface area contributed by atoms with Crippen molar-refractivity contribution in [3.8, 4) is 33.8 Å². The fourth-order valence-electron chi connectivity index (χ4n) is 5.97. The van der Waals surface area contributed by atoms with Crippen LogP contribution in [0.3, 0.4) is 0 Å². The summed E-state index contributed by atoms with van der Waals surface area (Å²) in [6.45, 7) is 0. The first-order chi connectivity index (χ1) is 17.5. The van der Waals surface area contributed by atoms with Gasteiger partial charge in [-0.05, 0) is 47.5 Å². The van der Waals surface area contributed by atoms with Crippen LogP contribution in [-0.4, -0.2) is 19.3 Å². The zero-order chi connectivity index (χ0) is 24.6. The highest BCUT2D eigenvalue weighted by Crippen LogP contribution is 2.50. The van der Waals surface area contributed by atoms with E-state index in [9.17, 15) is 10.2 Å². The summed E-state index contributed by atoms with van der Waals surface area (Å²) in [5.41, 5.74) is 8.77. The number of hydrogen-bond donors (Lipinski definition) is 2. The molecule has 4 heteroatoms. The summed E-state index contributed by atoms with van der Waals surface area (Å²) in [4.78, 5) is 0. The number of rotatable bonds is 2. The zero-order valence-electron chi connectivity index (χ0n) is 20.0. The summed E-state index contributed by atoms with van der Waals surface area (Å²) in [5.74, 6) is 0.495. The highest BCUT2D eigenvalue weighted by Gasteiger charge is 2.26. The number of aromatic nitrogens is 2. The van der Waals surface area contributed by atoms with Gasteiger partial charge in [-0.25, -0.2) is 0 Å². The van der Waals surface area contributed by atoms with Crippen LogP contribution in [0.2, 0.25) is 0 Å². The Labute approximate surface area is 207 Å². The molecule has 7 aromatic rings. The molecule has 0 saturated carbocycles. The molecule has 0 atom stereocenters. The summed E-state index contributed by atoms with van der Waals surface area (Å²) < 4.78 is 4.47. The van der Waals surface area contributed by atoms with Gasteiger partial charge in [-0.3, -0.25) is 0 Å². The van der Waals surface area contributed by atoms with Crippen molar-refractivity contribution < 1.29 is 10.2 Å². The van der Waals surface area contributed by atoms with Gasteiger partial charge in [-0.2, -0.15) is 0 Å². The van der Waals surface area contributed by atoms with Crippen molar-refractivity contribution >= 4 is 43.6 Å². The molecule has 2 heterocycles. The number of nitrogens with zero attached hydrogens (tertiary/aromatic N) is 2. The molecule has 0 unspecified atom stereocenters. The van der Waals surface area contributed by atoms with Crippen LogP contribution in [0.1, 0.15) is 0 Å². The summed E-state index contributed by atoms with van der Waals surface area (Å²) >= 11 is 0. The molecule has 0 radical (unpaired) electrons. The normalized spacial score (nSPS) is 11.8. The maximum Gasteiger partial charge on any atom is 0.116 e. The van der Waals surface area contributed by atoms with Crippen LogP contribution < -0.4 is 0 Å². The van der Waals surface area contributed by atoms with Crippen molar-refractivity contribution in [3.05, 3.63) is 97.1 Å². The number of hydrogen-bond acceptors (Lipinski definition) is 2. The fraction of sp³-hybridized carbons (Fsp3) is 0.0625. The quantitative estimate of drug-likeness (QED) is 0.273. The van der Waals surface area contributed by atoms with E-state index >= 15 is 0 Å². The SMILES string of the molecule is Cn1c2ccc(O)cc2c2c(-c3ccccc3)c3c(c(-c4ccccc4)c21)c1cc(O)ccc1n3C. The Balaban J connectivity index is 1.89. The van der Waals surface area contributed by atoms with Crippen LogP contribution in [-0.2, 0) is 14.1 Å². The van der Waals surface area contributed by atoms with Crippen molar-refractivity contribution in [2.45, 2.75) is 0 Å². The summed E-state index contributed by atoms with van der Waals surface area (Å²) in [7, 11) is 4.19. The van der Waals surface area contributed by atoms with Crippen molar-refractivity contribution in [3.63, 3.8) is 0 Å². The van der Waals surface area contributed by atoms with Gasteiger partial charge >= 0.3 is 0 Å². The van der Waals surface area contributed by atoms with Crippen molar-refractivity contribution in [1.29, 1.82) is 0 Å². The van der Waals surface area contributed by atoms with Crippen LogP contribution >= 0.6 is 0 Å². The number of phenolic OH excluding ortho intramolecular Hbond substituents is 2. The molecule has 4 nitrogen and oxygen atoms in total. The molecule has 7 rings (SSSR count). The molecule has 2 aromatic heterocycles. The first-order valence-electron chi connectivity index (χ1n) is 12.0. The van der Waals surface area contributed by atoms with Crippen LogP contribution in [0.25, 0.3) is 65.9 Å². The highest BCUT2D eigenvalue weighted by atomic mass is 16.3. The molecule has 5 aromatic carbocycles. The minimum Gasteiger partial charge on any atom is -0.508 e. The largest absolute Gasteiger partial charge is 0.508 e. The Morgan fingerprint density at radius 2 is 0.889 bits per heavy atom. The standard InChI is InChI=1S/C32H24N2O2/c1-33-25-15-13-21(35)17-23(25)29-28(20-11-7-4-8-12-20)32-30(24-18-22(36)14-16-26(24)34(32)2)27(31(29)33)19-9-5-3-6-10-19/h3-18,35-36H,1-2H3. The first kappa shape index (κ1) is 20.7. The van der Waals surface area contributed by atoms with Gasteiger partial charge in [0.1, 0.15) is 11.5 Å². The third kappa shape index (κ3) is 2.70. The Morgan fingerprint density at radius 1 is 0.500 bits per heavy atom. The van der Waals surface area contributed by atoms with E-state index in [1.54, 1.807) is 12.1 Å². The summed E-state index contributed by atoms with van der Waals surface area (Å²) in [6.07, 6.45) is 0. The Hall–Kier alpha value is -4.70. The minimum atomic E-state index is 0.248. The average Bonchev–Trinajstić information content (AvgIpc) is 3.34. The lowest BCUT2D eigenvalue weighted by Crippen LogP contribution is -1.95. The van der Waals surface area contributed by atoms with Crippen LogP contribution in [0, 0.1) is 0 Å². The third-order valence-electron chi connectivity index (χ3n) is 7.46. The zero-order valence-corrected chi connectivity index (χ0v) is 20.0. The van der Waals surface area contributed by atoms with E-state index in [1.807, 2.05) is 36.4 Å². The van der Waals surface area contributed by atoms with Gasteiger partial charge in [-0.15, -0.1) is 0 Å². The lowest BCUT2D eigenvalue weighted by Gasteiger charge is -2.16. The van der Waals surface area contributed by atoms with Gasteiger partial charge in [0.25, 0.3) is 0 Å². The van der Waals surface area contributed by atoms with Crippen LogP contribution in [0.5, 0.6) is 11.5 Å². The van der Waals surface area contributed by atoms with Gasteiger partial charge in [-0.1, -0.05) is 60.7 Å². The van der Waals surface area contributed by atoms with E-state index < -0.39 is 0 Å². The minimum absolute atomic E-state index is 0.248. The lowest BCUT2D eigenvalue weighted by molar-refractivity contribution is 0.475. The van der Waals surface area contributed by atoms with Crippen molar-refractivity contribution in [2.75, 3.05) is 0 Å². The number of fused-ring (bicyclic) bond motifs is 6. The predicted octanol–water partition coefficient (Wildman–Crippen LogP) is 7.72. The third-order valence-corrected chi connectivity index (χ3v) is 7.46. The second-order valence-corrected chi connectivity index (χ2v) is 9.45. The second kappa shape index (κ2) is 7.40. The number of aromatic hydroxyl groups is 2. The fourth-order valence-corrected chi connectivity index (χ4v) is 5.97. The van der Waals surface area contributed by atoms with Gasteiger partial charge in [0.05, 0.1) is 11.0 Å². The molecule has 174 valence electrons. The maximum atomic E-state index is 10.5. The summed E-state index contributed by atoms with van der Waals surface area (Å²) in [5, 5.41) is 25.3. The van der Waals surface area contributed by atoms with E-state index in [2.05, 4.69) is 71.8 Å². The molecule has 0 aliphatic rings. The van der Waals surface area contributed by atoms with Crippen LogP contribution in [0.15, 0.2) is 97.1 Å². The molecule has 0 bridgehead atoms. The van der Waals surface area contributed by atoms with Gasteiger partial charge < -0.3 is 19.3 Å². The molecule has 0 amide bonds. The molecule has 0 fully saturated rings. The van der Waals surface area contributed by atoms with Gasteiger partial charge in [0.15, 0.2) is 0 Å². The Bertz CT molecular complexity index is 1820. The van der Waals surface area contributed by atoms with E-state index in [-0.39, 0.29) is 11.5 Å². The molecular weight excluding hydrogens is 444 g/mol. The molecular formula is C32H24N2O2. The molecule has 0 spiro atoms. The molecule has 0 aliphatic carbocycles. The smallest absolute Gasteiger partial charge is 0.116 e. The number of benzene rings is 5. The molecule has 0 saturated heterocycles. The van der Waals surface area contributed by atoms with E-state index in [0.717, 1.165) is 65.9 Å². The molecule has 36 heavy (non-hydrogen) atoms. The monoisotopic (exact) mass is 468 g/mol. The van der Waals surface area contributed by atoms with E-state index in [0.29, 0.717) is 0 Å². The predicted molar refractivity (Wildman–Crippen MR) is 149 cm³/mol. The number of aryl methyl sites for hydroxylation is 2. The molecule has 2 N–H and O–H groups in total. The maximum absolute atomic E-state index is 10.5.